The first kappa shape index (κ1) is 6.10. The van der Waals surface area contributed by atoms with E-state index in [4.69, 9.17) is 10.8 Å². The number of hydrogen-bond donors (Lipinski definition) is 2. The highest BCUT2D eigenvalue weighted by Crippen LogP contribution is 2.06. The predicted octanol–water partition coefficient (Wildman–Crippen LogP) is -0.505. The van der Waals surface area contributed by atoms with Gasteiger partial charge in [0.1, 0.15) is 5.69 Å². The standard InChI is InChI=1S/C5H9N3O/c1-8-2-4(6)5(3-9)7-8/h2,9H,3,6H2,1H3. The van der Waals surface area contributed by atoms with Gasteiger partial charge in [0.25, 0.3) is 0 Å². The Morgan fingerprint density at radius 3 is 2.78 bits per heavy atom. The maximum Gasteiger partial charge on any atom is 0.111 e. The Morgan fingerprint density at radius 2 is 2.56 bits per heavy atom. The fraction of sp³-hybridized carbons (Fsp3) is 0.400. The molecular formula is C5H9N3O. The summed E-state index contributed by atoms with van der Waals surface area (Å²) in [6.45, 7) is -0.0906. The third kappa shape index (κ3) is 1.02. The quantitative estimate of drug-likeness (QED) is 0.534. The van der Waals surface area contributed by atoms with Crippen LogP contribution >= 0.6 is 0 Å². The summed E-state index contributed by atoms with van der Waals surface area (Å²) in [6, 6.07) is 0. The van der Waals surface area contributed by atoms with Crippen molar-refractivity contribution in [1.82, 2.24) is 9.78 Å². The number of anilines is 1. The van der Waals surface area contributed by atoms with E-state index in [2.05, 4.69) is 5.10 Å². The van der Waals surface area contributed by atoms with Crippen molar-refractivity contribution in [1.29, 1.82) is 0 Å². The number of aliphatic hydroxyl groups is 1. The van der Waals surface area contributed by atoms with Crippen LogP contribution < -0.4 is 5.73 Å². The first-order chi connectivity index (χ1) is 4.24. The fourth-order valence-electron chi connectivity index (χ4n) is 0.676. The molecule has 1 heterocycles. The minimum absolute atomic E-state index is 0.0906. The van der Waals surface area contributed by atoms with E-state index in [1.807, 2.05) is 0 Å². The highest BCUT2D eigenvalue weighted by Gasteiger charge is 1.99. The zero-order valence-electron chi connectivity index (χ0n) is 5.20. The van der Waals surface area contributed by atoms with Crippen molar-refractivity contribution in [2.24, 2.45) is 7.05 Å². The normalized spacial score (nSPS) is 10.0. The SMILES string of the molecule is Cn1cc(N)c(CO)n1. The van der Waals surface area contributed by atoms with Gasteiger partial charge in [-0.2, -0.15) is 5.10 Å². The molecule has 0 saturated heterocycles. The Labute approximate surface area is 52.9 Å². The van der Waals surface area contributed by atoms with E-state index >= 15 is 0 Å². The molecule has 0 bridgehead atoms. The van der Waals surface area contributed by atoms with Gasteiger partial charge in [0.15, 0.2) is 0 Å². The van der Waals surface area contributed by atoms with Crippen LogP contribution in [0.2, 0.25) is 0 Å². The summed E-state index contributed by atoms with van der Waals surface area (Å²) in [4.78, 5) is 0. The third-order valence-electron chi connectivity index (χ3n) is 1.09. The number of aromatic nitrogens is 2. The number of nitrogen functional groups attached to an aromatic ring is 1. The van der Waals surface area contributed by atoms with Crippen LogP contribution in [0.4, 0.5) is 5.69 Å². The molecule has 0 aliphatic rings. The Hall–Kier alpha value is -1.03. The van der Waals surface area contributed by atoms with Crippen LogP contribution in [0.1, 0.15) is 5.69 Å². The van der Waals surface area contributed by atoms with E-state index in [-0.39, 0.29) is 6.61 Å². The molecule has 0 spiro atoms. The van der Waals surface area contributed by atoms with Gasteiger partial charge in [-0.3, -0.25) is 4.68 Å². The van der Waals surface area contributed by atoms with E-state index in [0.29, 0.717) is 11.4 Å². The lowest BCUT2D eigenvalue weighted by atomic mass is 10.4. The molecule has 0 saturated carbocycles. The molecule has 50 valence electrons. The highest BCUT2D eigenvalue weighted by atomic mass is 16.3. The van der Waals surface area contributed by atoms with Crippen LogP contribution in [-0.4, -0.2) is 14.9 Å². The minimum Gasteiger partial charge on any atom is -0.396 e. The van der Waals surface area contributed by atoms with Crippen LogP contribution in [0, 0.1) is 0 Å². The molecule has 1 aromatic heterocycles. The van der Waals surface area contributed by atoms with E-state index < -0.39 is 0 Å². The van der Waals surface area contributed by atoms with Gasteiger partial charge in [-0.05, 0) is 0 Å². The summed E-state index contributed by atoms with van der Waals surface area (Å²) in [7, 11) is 1.76. The number of nitrogens with zero attached hydrogens (tertiary/aromatic N) is 2. The molecule has 1 rings (SSSR count). The summed E-state index contributed by atoms with van der Waals surface area (Å²) in [5, 5.41) is 12.4. The Bertz CT molecular complexity index is 206. The van der Waals surface area contributed by atoms with Gasteiger partial charge in [0.2, 0.25) is 0 Å². The number of aliphatic hydroxyl groups excluding tert-OH is 1. The van der Waals surface area contributed by atoms with E-state index in [9.17, 15) is 0 Å². The summed E-state index contributed by atoms with van der Waals surface area (Å²) in [6.07, 6.45) is 1.66. The second kappa shape index (κ2) is 2.06. The molecular weight excluding hydrogens is 118 g/mol. The molecule has 0 unspecified atom stereocenters. The lowest BCUT2D eigenvalue weighted by molar-refractivity contribution is 0.276. The molecule has 4 heteroatoms. The first-order valence-corrected chi connectivity index (χ1v) is 2.63. The van der Waals surface area contributed by atoms with Crippen LogP contribution in [0.25, 0.3) is 0 Å². The molecule has 9 heavy (non-hydrogen) atoms. The van der Waals surface area contributed by atoms with Crippen LogP contribution in [0.3, 0.4) is 0 Å². The summed E-state index contributed by atoms with van der Waals surface area (Å²) >= 11 is 0. The average Bonchev–Trinajstić information content (AvgIpc) is 2.10. The van der Waals surface area contributed by atoms with Crippen molar-refractivity contribution < 1.29 is 5.11 Å². The maximum atomic E-state index is 8.58. The molecule has 0 radical (unpaired) electrons. The molecule has 0 atom stereocenters. The molecule has 4 nitrogen and oxygen atoms in total. The summed E-state index contributed by atoms with van der Waals surface area (Å²) < 4.78 is 1.57. The Kier molecular flexibility index (Phi) is 1.40. The van der Waals surface area contributed by atoms with Gasteiger partial charge in [-0.25, -0.2) is 0 Å². The van der Waals surface area contributed by atoms with Crippen LogP contribution in [0.5, 0.6) is 0 Å². The highest BCUT2D eigenvalue weighted by molar-refractivity contribution is 5.39. The molecule has 1 aromatic rings. The molecule has 0 aromatic carbocycles. The minimum atomic E-state index is -0.0906. The monoisotopic (exact) mass is 127 g/mol. The van der Waals surface area contributed by atoms with Gasteiger partial charge in [-0.15, -0.1) is 0 Å². The molecule has 3 N–H and O–H groups in total. The van der Waals surface area contributed by atoms with Gasteiger partial charge in [-0.1, -0.05) is 0 Å². The molecule has 0 aliphatic heterocycles. The number of aryl methyl sites for hydroxylation is 1. The van der Waals surface area contributed by atoms with Crippen molar-refractivity contribution in [3.05, 3.63) is 11.9 Å². The van der Waals surface area contributed by atoms with Crippen molar-refractivity contribution in [2.75, 3.05) is 5.73 Å². The maximum absolute atomic E-state index is 8.58. The Balaban J connectivity index is 3.01. The zero-order valence-corrected chi connectivity index (χ0v) is 5.20. The molecule has 0 aliphatic carbocycles. The van der Waals surface area contributed by atoms with Gasteiger partial charge >= 0.3 is 0 Å². The third-order valence-corrected chi connectivity index (χ3v) is 1.09. The Morgan fingerprint density at radius 1 is 1.89 bits per heavy atom. The summed E-state index contributed by atoms with van der Waals surface area (Å²) in [5.41, 5.74) is 6.49. The largest absolute Gasteiger partial charge is 0.396 e. The van der Waals surface area contributed by atoms with E-state index in [1.54, 1.807) is 17.9 Å². The molecule has 0 fully saturated rings. The lowest BCUT2D eigenvalue weighted by Crippen LogP contribution is -1.91. The van der Waals surface area contributed by atoms with Crippen molar-refractivity contribution in [2.45, 2.75) is 6.61 Å². The summed E-state index contributed by atoms with van der Waals surface area (Å²) in [5.74, 6) is 0. The van der Waals surface area contributed by atoms with Crippen molar-refractivity contribution in [3.63, 3.8) is 0 Å². The average molecular weight is 127 g/mol. The number of nitrogens with two attached hydrogens (primary N) is 1. The predicted molar refractivity (Wildman–Crippen MR) is 33.5 cm³/mol. The second-order valence-electron chi connectivity index (χ2n) is 1.86. The topological polar surface area (TPSA) is 64.1 Å². The van der Waals surface area contributed by atoms with Crippen molar-refractivity contribution >= 4 is 5.69 Å². The lowest BCUT2D eigenvalue weighted by Gasteiger charge is -1.86. The van der Waals surface area contributed by atoms with E-state index in [0.717, 1.165) is 0 Å². The van der Waals surface area contributed by atoms with E-state index in [1.165, 1.54) is 0 Å². The molecule has 0 amide bonds. The second-order valence-corrected chi connectivity index (χ2v) is 1.86. The van der Waals surface area contributed by atoms with Gasteiger partial charge < -0.3 is 10.8 Å². The zero-order chi connectivity index (χ0) is 6.85. The van der Waals surface area contributed by atoms with Crippen LogP contribution in [0.15, 0.2) is 6.20 Å². The smallest absolute Gasteiger partial charge is 0.111 e. The van der Waals surface area contributed by atoms with Crippen LogP contribution in [-0.2, 0) is 13.7 Å². The first-order valence-electron chi connectivity index (χ1n) is 2.63. The van der Waals surface area contributed by atoms with Gasteiger partial charge in [0.05, 0.1) is 12.3 Å². The number of rotatable bonds is 1. The fourth-order valence-corrected chi connectivity index (χ4v) is 0.676. The van der Waals surface area contributed by atoms with Gasteiger partial charge in [0, 0.05) is 13.2 Å². The van der Waals surface area contributed by atoms with Crippen molar-refractivity contribution in [3.8, 4) is 0 Å². The number of hydrogen-bond acceptors (Lipinski definition) is 3.